The van der Waals surface area contributed by atoms with Crippen LogP contribution in [0, 0.1) is 24.6 Å². The highest BCUT2D eigenvalue weighted by Gasteiger charge is 2.31. The second-order valence-electron chi connectivity index (χ2n) is 10.9. The number of pyridine rings is 1. The molecule has 0 saturated carbocycles. The van der Waals surface area contributed by atoms with Crippen LogP contribution >= 0.6 is 0 Å². The summed E-state index contributed by atoms with van der Waals surface area (Å²) in [6.45, 7) is 11.1. The summed E-state index contributed by atoms with van der Waals surface area (Å²) in [5.74, 6) is 0.656. The second kappa shape index (κ2) is 10.3. The van der Waals surface area contributed by atoms with Gasteiger partial charge in [0.25, 0.3) is 5.91 Å². The number of carbonyl (C=O) groups excluding carboxylic acids is 1. The minimum Gasteiger partial charge on any atom is -0.381 e. The molecule has 2 saturated heterocycles. The molecule has 0 radical (unpaired) electrons. The lowest BCUT2D eigenvalue weighted by Gasteiger charge is -2.42. The van der Waals surface area contributed by atoms with Gasteiger partial charge in [-0.05, 0) is 81.2 Å². The Morgan fingerprint density at radius 3 is 2.78 bits per heavy atom. The zero-order valence-electron chi connectivity index (χ0n) is 21.8. The first-order valence-corrected chi connectivity index (χ1v) is 13.1. The van der Waals surface area contributed by atoms with Gasteiger partial charge in [0.2, 0.25) is 0 Å². The standard InChI is InChI=1S/C29H37FN4O2/c1-19(2)32(4)29(35)25-11-24(30)7-8-26(25)34-17-23(28-20(3)12-31-13-27(28)34)10-22-15-33(16-22)14-21-6-5-9-36-18-21/h7-8,11-13,17,19,21-22H,5-6,9-10,14-16,18H2,1-4H3. The summed E-state index contributed by atoms with van der Waals surface area (Å²) in [5.41, 5.74) is 4.38. The van der Waals surface area contributed by atoms with Crippen molar-refractivity contribution in [3.8, 4) is 5.69 Å². The smallest absolute Gasteiger partial charge is 0.256 e. The van der Waals surface area contributed by atoms with Crippen LogP contribution in [0.15, 0.2) is 36.8 Å². The predicted molar refractivity (Wildman–Crippen MR) is 140 cm³/mol. The lowest BCUT2D eigenvalue weighted by molar-refractivity contribution is 0.0122. The van der Waals surface area contributed by atoms with Gasteiger partial charge in [-0.2, -0.15) is 0 Å². The van der Waals surface area contributed by atoms with Crippen LogP contribution < -0.4 is 0 Å². The van der Waals surface area contributed by atoms with Gasteiger partial charge in [-0.15, -0.1) is 0 Å². The van der Waals surface area contributed by atoms with E-state index in [-0.39, 0.29) is 11.9 Å². The van der Waals surface area contributed by atoms with Crippen molar-refractivity contribution in [1.82, 2.24) is 19.4 Å². The molecule has 1 amide bonds. The predicted octanol–water partition coefficient (Wildman–Crippen LogP) is 4.85. The van der Waals surface area contributed by atoms with E-state index < -0.39 is 5.82 Å². The molecule has 0 aliphatic carbocycles. The van der Waals surface area contributed by atoms with E-state index in [9.17, 15) is 9.18 Å². The van der Waals surface area contributed by atoms with Crippen molar-refractivity contribution in [3.05, 3.63) is 59.3 Å². The fraction of sp³-hybridized carbons (Fsp3) is 0.517. The van der Waals surface area contributed by atoms with Crippen molar-refractivity contribution in [1.29, 1.82) is 0 Å². The average molecular weight is 493 g/mol. The Bertz CT molecular complexity index is 1240. The third-order valence-corrected chi connectivity index (χ3v) is 7.84. The lowest BCUT2D eigenvalue weighted by Crippen LogP contribution is -2.50. The number of halogens is 1. The Kier molecular flexibility index (Phi) is 7.13. The minimum absolute atomic E-state index is 0.0104. The molecule has 7 heteroatoms. The number of carbonyl (C=O) groups is 1. The zero-order valence-corrected chi connectivity index (χ0v) is 21.8. The summed E-state index contributed by atoms with van der Waals surface area (Å²) in [7, 11) is 1.76. The Morgan fingerprint density at radius 1 is 1.25 bits per heavy atom. The van der Waals surface area contributed by atoms with Gasteiger partial charge in [0, 0.05) is 57.1 Å². The van der Waals surface area contributed by atoms with Crippen LogP contribution in [0.5, 0.6) is 0 Å². The SMILES string of the molecule is Cc1cncc2c1c(CC1CN(CC3CCCOC3)C1)cn2-c1ccc(F)cc1C(=O)N(C)C(C)C. The molecule has 0 spiro atoms. The van der Waals surface area contributed by atoms with E-state index in [0.29, 0.717) is 23.1 Å². The summed E-state index contributed by atoms with van der Waals surface area (Å²) < 4.78 is 22.0. The van der Waals surface area contributed by atoms with Gasteiger partial charge in [-0.1, -0.05) is 0 Å². The zero-order chi connectivity index (χ0) is 25.4. The Hall–Kier alpha value is -2.77. The third kappa shape index (κ3) is 4.91. The molecule has 6 nitrogen and oxygen atoms in total. The van der Waals surface area contributed by atoms with Gasteiger partial charge in [-0.25, -0.2) is 4.39 Å². The molecule has 2 fully saturated rings. The third-order valence-electron chi connectivity index (χ3n) is 7.84. The highest BCUT2D eigenvalue weighted by Crippen LogP contribution is 2.33. The van der Waals surface area contributed by atoms with Crippen LogP contribution in [0.2, 0.25) is 0 Å². The average Bonchev–Trinajstić information content (AvgIpc) is 3.21. The molecular formula is C29H37FN4O2. The summed E-state index contributed by atoms with van der Waals surface area (Å²) in [4.78, 5) is 21.9. The van der Waals surface area contributed by atoms with Crippen molar-refractivity contribution in [2.75, 3.05) is 39.9 Å². The summed E-state index contributed by atoms with van der Waals surface area (Å²) in [6, 6.07) is 4.50. The Morgan fingerprint density at radius 2 is 2.06 bits per heavy atom. The van der Waals surface area contributed by atoms with Gasteiger partial charge in [-0.3, -0.25) is 9.78 Å². The molecule has 2 aromatic heterocycles. The van der Waals surface area contributed by atoms with E-state index in [1.54, 1.807) is 18.0 Å². The van der Waals surface area contributed by atoms with Crippen LogP contribution in [-0.2, 0) is 11.2 Å². The van der Waals surface area contributed by atoms with Crippen LogP contribution in [0.25, 0.3) is 16.6 Å². The molecule has 1 unspecified atom stereocenters. The number of hydrogen-bond acceptors (Lipinski definition) is 4. The second-order valence-corrected chi connectivity index (χ2v) is 10.9. The molecule has 2 aliphatic heterocycles. The van der Waals surface area contributed by atoms with Crippen molar-refractivity contribution < 1.29 is 13.9 Å². The number of likely N-dealkylation sites (tertiary alicyclic amines) is 1. The van der Waals surface area contributed by atoms with Crippen LogP contribution in [0.3, 0.4) is 0 Å². The summed E-state index contributed by atoms with van der Waals surface area (Å²) >= 11 is 0. The minimum atomic E-state index is -0.414. The number of fused-ring (bicyclic) bond motifs is 1. The number of nitrogens with zero attached hydrogens (tertiary/aromatic N) is 4. The van der Waals surface area contributed by atoms with Gasteiger partial charge in [0.05, 0.1) is 29.6 Å². The topological polar surface area (TPSA) is 50.6 Å². The highest BCUT2D eigenvalue weighted by molar-refractivity contribution is 5.99. The van der Waals surface area contributed by atoms with Gasteiger partial charge in [0.15, 0.2) is 0 Å². The van der Waals surface area contributed by atoms with Gasteiger partial charge < -0.3 is 19.1 Å². The van der Waals surface area contributed by atoms with Crippen molar-refractivity contribution in [2.45, 2.75) is 46.1 Å². The number of aromatic nitrogens is 2. The number of rotatable bonds is 7. The Balaban J connectivity index is 1.43. The summed E-state index contributed by atoms with van der Waals surface area (Å²) in [6.07, 6.45) is 9.31. The maximum atomic E-state index is 14.3. The molecule has 3 aromatic rings. The molecule has 1 atom stereocenters. The first-order valence-electron chi connectivity index (χ1n) is 13.1. The summed E-state index contributed by atoms with van der Waals surface area (Å²) in [5, 5.41) is 1.18. The number of aryl methyl sites for hydroxylation is 1. The maximum Gasteiger partial charge on any atom is 0.256 e. The molecule has 36 heavy (non-hydrogen) atoms. The van der Waals surface area contributed by atoms with Crippen LogP contribution in [0.1, 0.15) is 48.2 Å². The van der Waals surface area contributed by atoms with E-state index in [0.717, 1.165) is 50.3 Å². The number of hydrogen-bond donors (Lipinski definition) is 0. The van der Waals surface area contributed by atoms with Crippen LogP contribution in [0.4, 0.5) is 4.39 Å². The number of amides is 1. The Labute approximate surface area is 213 Å². The monoisotopic (exact) mass is 492 g/mol. The first kappa shape index (κ1) is 24.9. The molecule has 1 aromatic carbocycles. The van der Waals surface area contributed by atoms with Gasteiger partial charge >= 0.3 is 0 Å². The van der Waals surface area contributed by atoms with Crippen molar-refractivity contribution >= 4 is 16.8 Å². The molecular weight excluding hydrogens is 455 g/mol. The highest BCUT2D eigenvalue weighted by atomic mass is 19.1. The molecule has 4 heterocycles. The van der Waals surface area contributed by atoms with Crippen molar-refractivity contribution in [3.63, 3.8) is 0 Å². The largest absolute Gasteiger partial charge is 0.381 e. The van der Waals surface area contributed by atoms with E-state index in [1.807, 2.05) is 30.8 Å². The molecule has 2 aliphatic rings. The van der Waals surface area contributed by atoms with E-state index in [1.165, 1.54) is 35.9 Å². The van der Waals surface area contributed by atoms with Gasteiger partial charge in [0.1, 0.15) is 5.82 Å². The quantitative estimate of drug-likeness (QED) is 0.473. The lowest BCUT2D eigenvalue weighted by atomic mass is 9.90. The fourth-order valence-electron chi connectivity index (χ4n) is 5.69. The van der Waals surface area contributed by atoms with E-state index in [4.69, 9.17) is 4.74 Å². The number of ether oxygens (including phenoxy) is 1. The van der Waals surface area contributed by atoms with E-state index in [2.05, 4.69) is 23.0 Å². The van der Waals surface area contributed by atoms with Crippen LogP contribution in [-0.4, -0.2) is 71.2 Å². The molecule has 0 N–H and O–H groups in total. The maximum absolute atomic E-state index is 14.3. The van der Waals surface area contributed by atoms with E-state index >= 15 is 0 Å². The van der Waals surface area contributed by atoms with Crippen molar-refractivity contribution in [2.24, 2.45) is 11.8 Å². The molecule has 0 bridgehead atoms. The first-order chi connectivity index (χ1) is 17.3. The fourth-order valence-corrected chi connectivity index (χ4v) is 5.69. The molecule has 192 valence electrons. The molecule has 5 rings (SSSR count). The normalized spacial score (nSPS) is 19.1. The number of benzene rings is 1.